The topological polar surface area (TPSA) is 209 Å². The minimum absolute atomic E-state index is 0.0910. The number of benzene rings is 9. The van der Waals surface area contributed by atoms with Crippen LogP contribution in [-0.4, -0.2) is 118 Å². The van der Waals surface area contributed by atoms with Gasteiger partial charge in [-0.3, -0.25) is 77.2 Å². The average Bonchev–Trinajstić information content (AvgIpc) is 0.728. The summed E-state index contributed by atoms with van der Waals surface area (Å²) in [5, 5.41) is 6.90. The average molecular weight is 1180 g/mol. The van der Waals surface area contributed by atoms with Gasteiger partial charge in [0.2, 0.25) is 0 Å². The molecule has 3 fully saturated rings. The minimum Gasteiger partial charge on any atom is -0.303 e. The number of imide groups is 5. The molecule has 9 aromatic carbocycles. The van der Waals surface area contributed by atoms with Crippen LogP contribution in [0.2, 0.25) is 0 Å². The number of hydrogen-bond acceptors (Lipinski definition) is 11. The van der Waals surface area contributed by atoms with Crippen LogP contribution in [0, 0.1) is 0 Å². The summed E-state index contributed by atoms with van der Waals surface area (Å²) < 4.78 is 1.56. The van der Waals surface area contributed by atoms with Gasteiger partial charge in [0.1, 0.15) is 0 Å². The standard InChI is InChI=1S/C72H50N6O11/c1-31-32-14-19-38-56-43-25-24-37(53(32)56)61(79)73(31)52-13-7-8-30-72(52,2)78-70(88)46-28-26-44-59-45(27-29-47(60(46)59)71(78)89)69(87)77(68(44)86)51-12-6-5-11-50(51)76-65(83)41-22-17-35-33-15-20-39-57-40(21-16-34(54(33)57)36-18-23-42(66(76)84)58(41)55(35)36)64(82)75(63(39)81)49-10-4-3-9-48(49)74(62(38)80)67(43)85/h14-29,48-52H,1,3-13,30H2,2H3/t48-,49-,50-,51-,52?,72-/m1/s1. The van der Waals surface area contributed by atoms with Gasteiger partial charge in [0.15, 0.2) is 0 Å². The fourth-order valence-electron chi connectivity index (χ4n) is 18.6. The molecule has 17 nitrogen and oxygen atoms in total. The first kappa shape index (κ1) is 50.8. The van der Waals surface area contributed by atoms with Gasteiger partial charge < -0.3 is 4.57 Å². The lowest BCUT2D eigenvalue weighted by atomic mass is 9.74. The van der Waals surface area contributed by atoms with Crippen molar-refractivity contribution in [2.75, 3.05) is 0 Å². The van der Waals surface area contributed by atoms with E-state index in [9.17, 15) is 0 Å². The molecule has 89 heavy (non-hydrogen) atoms. The Morgan fingerprint density at radius 1 is 0.315 bits per heavy atom. The fourth-order valence-corrected chi connectivity index (χ4v) is 18.6. The van der Waals surface area contributed by atoms with Gasteiger partial charge in [-0.05, 0) is 144 Å². The maximum atomic E-state index is 15.5. The normalized spacial score (nSPS) is 24.7. The molecule has 434 valence electrons. The molecule has 3 aliphatic carbocycles. The highest BCUT2D eigenvalue weighted by molar-refractivity contribution is 6.42. The second-order valence-corrected chi connectivity index (χ2v) is 26.2. The van der Waals surface area contributed by atoms with Gasteiger partial charge in [-0.25, -0.2) is 0 Å². The Kier molecular flexibility index (Phi) is 9.62. The molecular formula is C72H50N6O11. The van der Waals surface area contributed by atoms with E-state index in [1.165, 1.54) is 48.8 Å². The number of hydrogen-bond donors (Lipinski definition) is 0. The fraction of sp³-hybridized carbons (Fsp3) is 0.264. The first-order valence-electron chi connectivity index (χ1n) is 30.9. The maximum absolute atomic E-state index is 15.5. The Morgan fingerprint density at radius 3 is 0.910 bits per heavy atom. The number of nitrogens with zero attached hydrogens (tertiary/aromatic N) is 6. The van der Waals surface area contributed by atoms with Gasteiger partial charge in [-0.1, -0.05) is 75.4 Å². The van der Waals surface area contributed by atoms with Crippen molar-refractivity contribution in [3.63, 3.8) is 0 Å². The van der Waals surface area contributed by atoms with Crippen molar-refractivity contribution in [2.24, 2.45) is 0 Å². The first-order chi connectivity index (χ1) is 43.1. The molecule has 0 spiro atoms. The molecule has 34 heterocycles. The lowest BCUT2D eigenvalue weighted by Gasteiger charge is -2.50. The molecule has 46 rings (SSSR count). The third kappa shape index (κ3) is 5.86. The van der Waals surface area contributed by atoms with Crippen LogP contribution in [0.25, 0.3) is 82.0 Å². The quantitative estimate of drug-likeness (QED) is 0.0792. The van der Waals surface area contributed by atoms with Crippen molar-refractivity contribution in [2.45, 2.75) is 120 Å². The molecule has 36 aliphatic rings. The van der Waals surface area contributed by atoms with Crippen molar-refractivity contribution in [3.8, 4) is 0 Å². The second-order valence-electron chi connectivity index (χ2n) is 26.2. The summed E-state index contributed by atoms with van der Waals surface area (Å²) in [4.78, 5) is 176. The SMILES string of the molecule is C=c1c2ccc3c4c5ccc(c(=O)n1C1CCCC[C@@]1(C)N1C(=O)c6ccc7c8c(ccc(c68)C1=O)C(=O)N(C7=O)[C@@H]1CCCC[C@H]1N1C(=O)c6ccc7c8ccc9c%10c(ccc(c%11ccc(c6c7%11)C1=O)c%108)C(=O)N(C9=O)[C@@H]1CCCC[C@H]1N(C3=O)C5=O)c42. The number of rotatable bonds is 0. The molecule has 0 radical (unpaired) electrons. The van der Waals surface area contributed by atoms with Gasteiger partial charge in [0.05, 0.1) is 35.7 Å². The van der Waals surface area contributed by atoms with Gasteiger partial charge in [-0.15, -0.1) is 0 Å². The van der Waals surface area contributed by atoms with E-state index in [-0.39, 0.29) is 82.5 Å². The smallest absolute Gasteiger partial charge is 0.261 e. The molecule has 0 N–H and O–H groups in total. The van der Waals surface area contributed by atoms with Crippen LogP contribution < -0.4 is 10.9 Å². The van der Waals surface area contributed by atoms with Crippen LogP contribution >= 0.6 is 0 Å². The Morgan fingerprint density at radius 2 is 0.573 bits per heavy atom. The molecule has 10 amide bonds. The van der Waals surface area contributed by atoms with Crippen molar-refractivity contribution in [1.29, 1.82) is 0 Å². The van der Waals surface area contributed by atoms with Crippen molar-refractivity contribution < 1.29 is 47.9 Å². The zero-order valence-electron chi connectivity index (χ0n) is 48.0. The minimum atomic E-state index is -1.35. The van der Waals surface area contributed by atoms with Gasteiger partial charge in [0.25, 0.3) is 64.6 Å². The Balaban J connectivity index is 0.830. The molecule has 17 heteroatoms. The summed E-state index contributed by atoms with van der Waals surface area (Å²) >= 11 is 0. The molecule has 30 bridgehead atoms. The number of aromatic nitrogens is 1. The van der Waals surface area contributed by atoms with Crippen LogP contribution in [-0.2, 0) is 0 Å². The Hall–Kier alpha value is -10.3. The van der Waals surface area contributed by atoms with E-state index >= 15 is 52.7 Å². The van der Waals surface area contributed by atoms with Gasteiger partial charge in [-0.2, -0.15) is 0 Å². The molecule has 3 saturated carbocycles. The van der Waals surface area contributed by atoms with E-state index in [0.717, 1.165) is 0 Å². The van der Waals surface area contributed by atoms with Crippen LogP contribution in [0.4, 0.5) is 0 Å². The zero-order chi connectivity index (χ0) is 60.4. The highest BCUT2D eigenvalue weighted by atomic mass is 16.2. The number of carbonyl (C=O) groups excluding carboxylic acids is 10. The first-order valence-corrected chi connectivity index (χ1v) is 30.9. The predicted molar refractivity (Wildman–Crippen MR) is 329 cm³/mol. The van der Waals surface area contributed by atoms with E-state index in [0.29, 0.717) is 131 Å². The monoisotopic (exact) mass is 1170 g/mol. The van der Waals surface area contributed by atoms with E-state index in [4.69, 9.17) is 0 Å². The van der Waals surface area contributed by atoms with Crippen LogP contribution in [0.5, 0.6) is 0 Å². The summed E-state index contributed by atoms with van der Waals surface area (Å²) in [7, 11) is 0. The maximum Gasteiger partial charge on any atom is 0.261 e. The lowest BCUT2D eigenvalue weighted by molar-refractivity contribution is 0.0156. The number of pyridine rings is 1. The van der Waals surface area contributed by atoms with Gasteiger partial charge >= 0.3 is 0 Å². The molecule has 0 saturated heterocycles. The summed E-state index contributed by atoms with van der Waals surface area (Å²) in [6, 6.07) is 22.2. The summed E-state index contributed by atoms with van der Waals surface area (Å²) in [6.07, 6.45) is 5.57. The molecular weight excluding hydrogens is 1120 g/mol. The third-order valence-electron chi connectivity index (χ3n) is 22.4. The summed E-state index contributed by atoms with van der Waals surface area (Å²) in [6.45, 7) is 6.32. The predicted octanol–water partition coefficient (Wildman–Crippen LogP) is 10.4. The van der Waals surface area contributed by atoms with Crippen molar-refractivity contribution in [3.05, 3.63) is 168 Å². The molecule has 1 aromatic heterocycles. The lowest BCUT2D eigenvalue weighted by Crippen LogP contribution is -2.62. The zero-order valence-corrected chi connectivity index (χ0v) is 48.0. The van der Waals surface area contributed by atoms with E-state index < -0.39 is 100 Å². The van der Waals surface area contributed by atoms with E-state index in [1.54, 1.807) is 60.0 Å². The van der Waals surface area contributed by atoms with E-state index in [2.05, 4.69) is 6.58 Å². The number of carbonyl (C=O) groups is 10. The summed E-state index contributed by atoms with van der Waals surface area (Å²) in [5.74, 6) is -6.22. The molecule has 6 atom stereocenters. The molecule has 10 aromatic rings. The Bertz CT molecular complexity index is 5160. The highest BCUT2D eigenvalue weighted by Crippen LogP contribution is 2.51. The van der Waals surface area contributed by atoms with Crippen molar-refractivity contribution in [1.82, 2.24) is 29.1 Å². The molecule has 33 aliphatic heterocycles. The van der Waals surface area contributed by atoms with Crippen molar-refractivity contribution >= 4 is 141 Å². The largest absolute Gasteiger partial charge is 0.303 e. The Labute approximate surface area is 503 Å². The van der Waals surface area contributed by atoms with Crippen LogP contribution in [0.1, 0.15) is 194 Å². The number of amides is 10. The van der Waals surface area contributed by atoms with Crippen LogP contribution in [0.3, 0.4) is 0 Å². The van der Waals surface area contributed by atoms with Crippen LogP contribution in [0.15, 0.2) is 102 Å². The summed E-state index contributed by atoms with van der Waals surface area (Å²) in [5.41, 5.74) is -0.0428. The van der Waals surface area contributed by atoms with Gasteiger partial charge in [0, 0.05) is 104 Å². The van der Waals surface area contributed by atoms with E-state index in [1.807, 2.05) is 24.3 Å². The third-order valence-corrected chi connectivity index (χ3v) is 22.4. The second kappa shape index (κ2) is 16.9. The highest BCUT2D eigenvalue weighted by Gasteiger charge is 2.55. The molecule has 1 unspecified atom stereocenters.